The molecule has 0 aromatic carbocycles. The largest absolute Gasteiger partial charge is 0.349 e. The SMILES string of the molecule is CC/C=C\C/C=C\C/C=C\CCCCCCCCC(C)(C)C(=O)ONC(=N)NC(=N)N(C)C. The van der Waals surface area contributed by atoms with E-state index in [9.17, 15) is 4.79 Å². The number of rotatable bonds is 15. The van der Waals surface area contributed by atoms with Gasteiger partial charge in [-0.2, -0.15) is 5.48 Å². The number of guanidine groups is 2. The standard InChI is InChI=1S/C26H47N5O2/c1-6-7-8-9-10-11-12-13-14-15-16-17-18-19-20-21-22-26(2,3)23(32)33-30-24(27)29-25(28)31(4)5/h7-8,10-11,13-14H,6,9,12,15-22H2,1-5H3,(H4,27,28,29,30)/b8-7-,11-10-,14-13-. The van der Waals surface area contributed by atoms with Gasteiger partial charge in [-0.3, -0.25) is 16.1 Å². The van der Waals surface area contributed by atoms with Gasteiger partial charge >= 0.3 is 5.97 Å². The van der Waals surface area contributed by atoms with E-state index in [2.05, 4.69) is 54.2 Å². The number of hydrogen-bond donors (Lipinski definition) is 4. The van der Waals surface area contributed by atoms with E-state index in [1.54, 1.807) is 14.1 Å². The molecule has 0 bridgehead atoms. The van der Waals surface area contributed by atoms with Crippen molar-refractivity contribution in [3.8, 4) is 0 Å². The van der Waals surface area contributed by atoms with Crippen LogP contribution in [0.1, 0.15) is 91.4 Å². The molecule has 7 nitrogen and oxygen atoms in total. The first-order valence-electron chi connectivity index (χ1n) is 12.2. The Hall–Kier alpha value is -2.57. The molecule has 0 spiro atoms. The predicted molar refractivity (Wildman–Crippen MR) is 139 cm³/mol. The number of nitrogens with one attached hydrogen (secondary N) is 4. The maximum atomic E-state index is 12.3. The van der Waals surface area contributed by atoms with E-state index in [-0.39, 0.29) is 11.9 Å². The summed E-state index contributed by atoms with van der Waals surface area (Å²) in [7, 11) is 3.37. The zero-order chi connectivity index (χ0) is 25.0. The monoisotopic (exact) mass is 461 g/mol. The number of carbonyl (C=O) groups is 1. The molecule has 0 radical (unpaired) electrons. The highest BCUT2D eigenvalue weighted by molar-refractivity contribution is 5.95. The van der Waals surface area contributed by atoms with E-state index >= 15 is 0 Å². The molecule has 0 aromatic heterocycles. The average Bonchev–Trinajstić information content (AvgIpc) is 2.76. The van der Waals surface area contributed by atoms with Gasteiger partial charge in [-0.1, -0.05) is 75.5 Å². The van der Waals surface area contributed by atoms with Crippen molar-refractivity contribution in [2.24, 2.45) is 5.41 Å². The van der Waals surface area contributed by atoms with Gasteiger partial charge in [0.25, 0.3) is 0 Å². The topological polar surface area (TPSA) is 101 Å². The maximum absolute atomic E-state index is 12.3. The minimum atomic E-state index is -0.617. The lowest BCUT2D eigenvalue weighted by atomic mass is 9.87. The lowest BCUT2D eigenvalue weighted by molar-refractivity contribution is -0.159. The van der Waals surface area contributed by atoms with Crippen molar-refractivity contribution in [1.29, 1.82) is 10.8 Å². The quantitative estimate of drug-likeness (QED) is 0.0780. The zero-order valence-electron chi connectivity index (χ0n) is 21.5. The predicted octanol–water partition coefficient (Wildman–Crippen LogP) is 6.06. The molecule has 0 fully saturated rings. The Balaban J connectivity index is 3.76. The van der Waals surface area contributed by atoms with Gasteiger partial charge in [-0.05, 0) is 52.4 Å². The summed E-state index contributed by atoms with van der Waals surface area (Å²) in [6, 6.07) is 0. The van der Waals surface area contributed by atoms with Gasteiger partial charge in [-0.15, -0.1) is 0 Å². The highest BCUT2D eigenvalue weighted by atomic mass is 16.7. The van der Waals surface area contributed by atoms with Crippen LogP contribution in [0.3, 0.4) is 0 Å². The molecule has 0 aliphatic carbocycles. The highest BCUT2D eigenvalue weighted by Crippen LogP contribution is 2.25. The maximum Gasteiger partial charge on any atom is 0.337 e. The summed E-state index contributed by atoms with van der Waals surface area (Å²) in [6.45, 7) is 5.87. The van der Waals surface area contributed by atoms with Crippen molar-refractivity contribution in [3.63, 3.8) is 0 Å². The Morgan fingerprint density at radius 1 is 0.879 bits per heavy atom. The molecule has 0 heterocycles. The molecule has 0 saturated carbocycles. The molecule has 0 aliphatic heterocycles. The van der Waals surface area contributed by atoms with Gasteiger partial charge in [0.2, 0.25) is 5.96 Å². The Bertz CT molecular complexity index is 651. The van der Waals surface area contributed by atoms with Crippen LogP contribution in [0, 0.1) is 16.2 Å². The van der Waals surface area contributed by atoms with Crippen molar-refractivity contribution >= 4 is 17.9 Å². The van der Waals surface area contributed by atoms with Gasteiger partial charge in [0.05, 0.1) is 5.41 Å². The number of carbonyl (C=O) groups excluding carboxylic acids is 1. The van der Waals surface area contributed by atoms with E-state index in [4.69, 9.17) is 15.7 Å². The molecule has 0 aromatic rings. The van der Waals surface area contributed by atoms with Gasteiger partial charge in [0.1, 0.15) is 0 Å². The van der Waals surface area contributed by atoms with Gasteiger partial charge < -0.3 is 9.74 Å². The van der Waals surface area contributed by atoms with Crippen LogP contribution in [0.2, 0.25) is 0 Å². The fourth-order valence-electron chi connectivity index (χ4n) is 2.96. The Morgan fingerprint density at radius 3 is 2.03 bits per heavy atom. The first-order valence-corrected chi connectivity index (χ1v) is 12.2. The fraction of sp³-hybridized carbons (Fsp3) is 0.654. The first-order chi connectivity index (χ1) is 15.7. The lowest BCUT2D eigenvalue weighted by Crippen LogP contribution is -2.46. The highest BCUT2D eigenvalue weighted by Gasteiger charge is 2.29. The Labute approximate surface area is 201 Å². The van der Waals surface area contributed by atoms with Gasteiger partial charge in [0, 0.05) is 14.1 Å². The van der Waals surface area contributed by atoms with E-state index in [0.717, 1.165) is 44.9 Å². The van der Waals surface area contributed by atoms with Crippen LogP contribution in [0.25, 0.3) is 0 Å². The Kier molecular flexibility index (Phi) is 17.5. The smallest absolute Gasteiger partial charge is 0.337 e. The molecule has 7 heteroatoms. The van der Waals surface area contributed by atoms with Crippen LogP contribution in [0.5, 0.6) is 0 Å². The molecule has 0 saturated heterocycles. The third-order valence-electron chi connectivity index (χ3n) is 5.19. The first kappa shape index (κ1) is 30.4. The Morgan fingerprint density at radius 2 is 1.42 bits per heavy atom. The number of allylic oxidation sites excluding steroid dienone is 6. The molecule has 0 unspecified atom stereocenters. The van der Waals surface area contributed by atoms with Crippen molar-refractivity contribution in [3.05, 3.63) is 36.5 Å². The second-order valence-electron chi connectivity index (χ2n) is 9.07. The summed E-state index contributed by atoms with van der Waals surface area (Å²) in [4.78, 5) is 18.8. The van der Waals surface area contributed by atoms with Gasteiger partial charge in [0.15, 0.2) is 5.96 Å². The minimum Gasteiger partial charge on any atom is -0.349 e. The van der Waals surface area contributed by atoms with E-state index in [0.29, 0.717) is 0 Å². The van der Waals surface area contributed by atoms with E-state index in [1.165, 1.54) is 30.6 Å². The van der Waals surface area contributed by atoms with Crippen LogP contribution in [-0.2, 0) is 9.63 Å². The van der Waals surface area contributed by atoms with Gasteiger partial charge in [-0.25, -0.2) is 4.79 Å². The summed E-state index contributed by atoms with van der Waals surface area (Å²) < 4.78 is 0. The second-order valence-corrected chi connectivity index (χ2v) is 9.07. The van der Waals surface area contributed by atoms with E-state index < -0.39 is 11.4 Å². The molecule has 4 N–H and O–H groups in total. The number of unbranched alkanes of at least 4 members (excludes halogenated alkanes) is 6. The molecule has 0 atom stereocenters. The van der Waals surface area contributed by atoms with Crippen LogP contribution in [0.4, 0.5) is 0 Å². The fourth-order valence-corrected chi connectivity index (χ4v) is 2.96. The van der Waals surface area contributed by atoms with Crippen LogP contribution < -0.4 is 10.8 Å². The van der Waals surface area contributed by atoms with Crippen LogP contribution in [0.15, 0.2) is 36.5 Å². The normalized spacial score (nSPS) is 11.9. The summed E-state index contributed by atoms with van der Waals surface area (Å²) >= 11 is 0. The van der Waals surface area contributed by atoms with Crippen LogP contribution >= 0.6 is 0 Å². The van der Waals surface area contributed by atoms with Crippen molar-refractivity contribution in [2.45, 2.75) is 91.4 Å². The van der Waals surface area contributed by atoms with Crippen molar-refractivity contribution in [2.75, 3.05) is 14.1 Å². The van der Waals surface area contributed by atoms with Crippen molar-refractivity contribution in [1.82, 2.24) is 15.7 Å². The third kappa shape index (κ3) is 17.6. The van der Waals surface area contributed by atoms with Crippen molar-refractivity contribution < 1.29 is 9.63 Å². The number of hydroxylamine groups is 1. The van der Waals surface area contributed by atoms with Crippen LogP contribution in [-0.4, -0.2) is 36.9 Å². The summed E-state index contributed by atoms with van der Waals surface area (Å²) in [5.74, 6) is -0.615. The summed E-state index contributed by atoms with van der Waals surface area (Å²) in [5, 5.41) is 17.8. The second kappa shape index (κ2) is 18.9. The zero-order valence-corrected chi connectivity index (χ0v) is 21.5. The molecule has 188 valence electrons. The summed E-state index contributed by atoms with van der Waals surface area (Å²) in [6.07, 6.45) is 25.4. The van der Waals surface area contributed by atoms with E-state index in [1.807, 2.05) is 13.8 Å². The molecule has 0 rings (SSSR count). The number of nitrogens with zero attached hydrogens (tertiary/aromatic N) is 1. The molecule has 0 aliphatic rings. The third-order valence-corrected chi connectivity index (χ3v) is 5.19. The minimum absolute atomic E-state index is 0.0296. The molecule has 33 heavy (non-hydrogen) atoms. The molecule has 0 amide bonds. The average molecular weight is 462 g/mol. The summed E-state index contributed by atoms with van der Waals surface area (Å²) in [5.41, 5.74) is 1.66. The lowest BCUT2D eigenvalue weighted by Gasteiger charge is -2.23. The molecular formula is C26H47N5O2. The molecular weight excluding hydrogens is 414 g/mol. The number of hydrogen-bond acceptors (Lipinski definition) is 4.